The second-order valence-electron chi connectivity index (χ2n) is 13.8. The van der Waals surface area contributed by atoms with Crippen LogP contribution < -0.4 is 4.90 Å². The average molecular weight is 689 g/mol. The van der Waals surface area contributed by atoms with Gasteiger partial charge in [0.15, 0.2) is 0 Å². The number of para-hydroxylation sites is 2. The van der Waals surface area contributed by atoms with Crippen molar-refractivity contribution in [3.63, 3.8) is 0 Å². The van der Waals surface area contributed by atoms with Gasteiger partial charge in [-0.1, -0.05) is 158 Å². The van der Waals surface area contributed by atoms with Gasteiger partial charge in [-0.2, -0.15) is 0 Å². The molecule has 0 aliphatic rings. The molecule has 0 radical (unpaired) electrons. The Morgan fingerprint density at radius 1 is 0.296 bits per heavy atom. The zero-order valence-corrected chi connectivity index (χ0v) is 29.7. The molecule has 0 bridgehead atoms. The summed E-state index contributed by atoms with van der Waals surface area (Å²) in [5, 5.41) is 5.04. The van der Waals surface area contributed by atoms with Crippen molar-refractivity contribution < 1.29 is 0 Å². The highest BCUT2D eigenvalue weighted by Gasteiger charge is 2.16. The molecule has 10 rings (SSSR count). The Balaban J connectivity index is 1.02. The molecular formula is C52H36N2. The molecule has 0 spiro atoms. The molecule has 0 atom stereocenters. The van der Waals surface area contributed by atoms with Crippen molar-refractivity contribution in [3.05, 3.63) is 218 Å². The fourth-order valence-corrected chi connectivity index (χ4v) is 7.98. The van der Waals surface area contributed by atoms with Crippen LogP contribution in [0.1, 0.15) is 0 Å². The predicted octanol–water partition coefficient (Wildman–Crippen LogP) is 14.4. The van der Waals surface area contributed by atoms with Crippen molar-refractivity contribution in [2.24, 2.45) is 0 Å². The molecule has 1 aromatic heterocycles. The first-order valence-electron chi connectivity index (χ1n) is 18.5. The molecule has 0 saturated carbocycles. The first-order chi connectivity index (χ1) is 26.8. The van der Waals surface area contributed by atoms with E-state index in [0.717, 1.165) is 22.7 Å². The summed E-state index contributed by atoms with van der Waals surface area (Å²) in [5.74, 6) is 0. The van der Waals surface area contributed by atoms with E-state index in [9.17, 15) is 0 Å². The molecule has 0 fully saturated rings. The Bertz CT molecular complexity index is 2840. The maximum absolute atomic E-state index is 2.37. The standard InChI is InChI=1S/C52H36N2/c1-2-12-37(13-3-1)38-24-30-43(31-25-38)53(46-17-10-16-42(36-46)48-21-11-15-41-14-4-5-18-47(41)48)44-32-26-39(27-33-44)40-28-34-45(35-29-40)54-51-22-8-6-19-49(51)50-20-7-9-23-52(50)54/h1-36H. The van der Waals surface area contributed by atoms with E-state index in [0.29, 0.717) is 0 Å². The van der Waals surface area contributed by atoms with Gasteiger partial charge in [0.25, 0.3) is 0 Å². The van der Waals surface area contributed by atoms with Gasteiger partial charge in [0.1, 0.15) is 0 Å². The van der Waals surface area contributed by atoms with Gasteiger partial charge in [0, 0.05) is 33.5 Å². The number of aromatic nitrogens is 1. The van der Waals surface area contributed by atoms with E-state index in [1.165, 1.54) is 66.0 Å². The average Bonchev–Trinajstić information content (AvgIpc) is 3.59. The highest BCUT2D eigenvalue weighted by atomic mass is 15.1. The van der Waals surface area contributed by atoms with Crippen molar-refractivity contribution in [1.82, 2.24) is 4.57 Å². The summed E-state index contributed by atoms with van der Waals surface area (Å²) in [5.41, 5.74) is 14.1. The molecule has 254 valence electrons. The first kappa shape index (κ1) is 31.6. The SMILES string of the molecule is c1ccc(-c2ccc(N(c3ccc(-c4ccc(-n5c6ccccc6c6ccccc65)cc4)cc3)c3cccc(-c4cccc5ccccc45)c3)cc2)cc1. The summed E-state index contributed by atoms with van der Waals surface area (Å²) < 4.78 is 2.37. The van der Waals surface area contributed by atoms with Crippen molar-refractivity contribution in [2.75, 3.05) is 4.90 Å². The maximum Gasteiger partial charge on any atom is 0.0541 e. The molecule has 0 amide bonds. The monoisotopic (exact) mass is 688 g/mol. The lowest BCUT2D eigenvalue weighted by Gasteiger charge is -2.26. The third kappa shape index (κ3) is 5.62. The van der Waals surface area contributed by atoms with Crippen LogP contribution in [0.15, 0.2) is 218 Å². The molecule has 2 nitrogen and oxygen atoms in total. The summed E-state index contributed by atoms with van der Waals surface area (Å²) in [6.45, 7) is 0. The van der Waals surface area contributed by atoms with Gasteiger partial charge in [-0.05, 0) is 105 Å². The zero-order valence-electron chi connectivity index (χ0n) is 29.7. The maximum atomic E-state index is 2.37. The zero-order chi connectivity index (χ0) is 35.8. The van der Waals surface area contributed by atoms with Crippen LogP contribution in [0.2, 0.25) is 0 Å². The normalized spacial score (nSPS) is 11.3. The van der Waals surface area contributed by atoms with Gasteiger partial charge in [-0.15, -0.1) is 0 Å². The molecular weight excluding hydrogens is 653 g/mol. The van der Waals surface area contributed by atoms with E-state index < -0.39 is 0 Å². The van der Waals surface area contributed by atoms with Gasteiger partial charge in [-0.25, -0.2) is 0 Å². The number of nitrogens with zero attached hydrogens (tertiary/aromatic N) is 2. The van der Waals surface area contributed by atoms with Crippen LogP contribution in [0.3, 0.4) is 0 Å². The van der Waals surface area contributed by atoms with Gasteiger partial charge >= 0.3 is 0 Å². The molecule has 2 heteroatoms. The van der Waals surface area contributed by atoms with Crippen LogP contribution in [0, 0.1) is 0 Å². The number of rotatable bonds is 7. The predicted molar refractivity (Wildman–Crippen MR) is 229 cm³/mol. The lowest BCUT2D eigenvalue weighted by molar-refractivity contribution is 1.18. The van der Waals surface area contributed by atoms with Crippen molar-refractivity contribution >= 4 is 49.6 Å². The van der Waals surface area contributed by atoms with E-state index in [-0.39, 0.29) is 0 Å². The smallest absolute Gasteiger partial charge is 0.0541 e. The molecule has 0 unspecified atom stereocenters. The molecule has 1 heterocycles. The van der Waals surface area contributed by atoms with E-state index in [4.69, 9.17) is 0 Å². The van der Waals surface area contributed by atoms with Crippen LogP contribution in [-0.2, 0) is 0 Å². The Kier molecular flexibility index (Phi) is 7.85. The fraction of sp³-hybridized carbons (Fsp3) is 0. The Morgan fingerprint density at radius 2 is 0.759 bits per heavy atom. The molecule has 0 saturated heterocycles. The van der Waals surface area contributed by atoms with E-state index in [2.05, 4.69) is 228 Å². The second kappa shape index (κ2) is 13.4. The van der Waals surface area contributed by atoms with E-state index in [1.807, 2.05) is 0 Å². The van der Waals surface area contributed by atoms with Crippen LogP contribution >= 0.6 is 0 Å². The number of hydrogen-bond acceptors (Lipinski definition) is 1. The van der Waals surface area contributed by atoms with Crippen molar-refractivity contribution in [3.8, 4) is 39.1 Å². The minimum Gasteiger partial charge on any atom is -0.310 e. The fourth-order valence-electron chi connectivity index (χ4n) is 7.98. The highest BCUT2D eigenvalue weighted by molar-refractivity contribution is 6.09. The number of anilines is 3. The number of hydrogen-bond donors (Lipinski definition) is 0. The van der Waals surface area contributed by atoms with E-state index in [1.54, 1.807) is 0 Å². The number of fused-ring (bicyclic) bond motifs is 4. The van der Waals surface area contributed by atoms with Gasteiger partial charge in [0.2, 0.25) is 0 Å². The number of benzene rings is 9. The minimum atomic E-state index is 1.10. The lowest BCUT2D eigenvalue weighted by Crippen LogP contribution is -2.10. The van der Waals surface area contributed by atoms with Crippen molar-refractivity contribution in [2.45, 2.75) is 0 Å². The summed E-state index contributed by atoms with van der Waals surface area (Å²) in [4.78, 5) is 2.36. The van der Waals surface area contributed by atoms with Gasteiger partial charge < -0.3 is 9.47 Å². The summed E-state index contributed by atoms with van der Waals surface area (Å²) in [7, 11) is 0. The second-order valence-corrected chi connectivity index (χ2v) is 13.8. The minimum absolute atomic E-state index is 1.10. The Morgan fingerprint density at radius 3 is 1.39 bits per heavy atom. The topological polar surface area (TPSA) is 8.17 Å². The molecule has 9 aromatic carbocycles. The third-order valence-corrected chi connectivity index (χ3v) is 10.6. The quantitative estimate of drug-likeness (QED) is 0.162. The van der Waals surface area contributed by atoms with Gasteiger partial charge in [-0.3, -0.25) is 0 Å². The summed E-state index contributed by atoms with van der Waals surface area (Å²) >= 11 is 0. The first-order valence-corrected chi connectivity index (χ1v) is 18.5. The molecule has 0 aliphatic heterocycles. The van der Waals surface area contributed by atoms with Crippen LogP contribution in [0.4, 0.5) is 17.1 Å². The Labute approximate surface area is 315 Å². The van der Waals surface area contributed by atoms with Crippen molar-refractivity contribution in [1.29, 1.82) is 0 Å². The van der Waals surface area contributed by atoms with Crippen LogP contribution in [0.5, 0.6) is 0 Å². The Hall–Kier alpha value is -7.16. The van der Waals surface area contributed by atoms with Crippen LogP contribution in [0.25, 0.3) is 71.6 Å². The van der Waals surface area contributed by atoms with Gasteiger partial charge in [0.05, 0.1) is 11.0 Å². The molecule has 10 aromatic rings. The lowest BCUT2D eigenvalue weighted by atomic mass is 9.97. The summed E-state index contributed by atoms with van der Waals surface area (Å²) in [6.07, 6.45) is 0. The highest BCUT2D eigenvalue weighted by Crippen LogP contribution is 2.40. The van der Waals surface area contributed by atoms with Crippen LogP contribution in [-0.4, -0.2) is 4.57 Å². The summed E-state index contributed by atoms with van der Waals surface area (Å²) in [6, 6.07) is 78.8. The molecule has 0 N–H and O–H groups in total. The van der Waals surface area contributed by atoms with E-state index >= 15 is 0 Å². The largest absolute Gasteiger partial charge is 0.310 e. The molecule has 0 aliphatic carbocycles. The molecule has 54 heavy (non-hydrogen) atoms. The third-order valence-electron chi connectivity index (χ3n) is 10.6.